The molecule has 6 nitrogen and oxygen atoms in total. The van der Waals surface area contributed by atoms with Gasteiger partial charge < -0.3 is 9.47 Å². The van der Waals surface area contributed by atoms with E-state index in [9.17, 15) is 12.8 Å². The predicted octanol–water partition coefficient (Wildman–Crippen LogP) is 3.48. The van der Waals surface area contributed by atoms with E-state index in [1.54, 1.807) is 12.4 Å². The largest absolute Gasteiger partial charge is 0.493 e. The number of rotatable bonds is 4. The van der Waals surface area contributed by atoms with Gasteiger partial charge in [0.15, 0.2) is 11.5 Å². The highest BCUT2D eigenvalue weighted by molar-refractivity contribution is 7.89. The SMILES string of the molecule is COc1cc(-c2cccnc2)cc2c1OCCN(S(=O)(=O)c1cccc(F)c1)C2. The van der Waals surface area contributed by atoms with Gasteiger partial charge in [-0.05, 0) is 42.0 Å². The Labute approximate surface area is 168 Å². The van der Waals surface area contributed by atoms with Crippen molar-refractivity contribution in [2.24, 2.45) is 0 Å². The van der Waals surface area contributed by atoms with Crippen molar-refractivity contribution in [1.82, 2.24) is 9.29 Å². The van der Waals surface area contributed by atoms with Gasteiger partial charge in [-0.2, -0.15) is 4.31 Å². The van der Waals surface area contributed by atoms with Crippen molar-refractivity contribution < 1.29 is 22.3 Å². The van der Waals surface area contributed by atoms with Crippen molar-refractivity contribution in [2.45, 2.75) is 11.4 Å². The molecule has 0 N–H and O–H groups in total. The van der Waals surface area contributed by atoms with Crippen LogP contribution in [0.1, 0.15) is 5.56 Å². The lowest BCUT2D eigenvalue weighted by molar-refractivity contribution is 0.279. The van der Waals surface area contributed by atoms with E-state index >= 15 is 0 Å². The second-order valence-corrected chi connectivity index (χ2v) is 8.49. The highest BCUT2D eigenvalue weighted by Crippen LogP contribution is 2.39. The van der Waals surface area contributed by atoms with Crippen molar-refractivity contribution in [1.29, 1.82) is 0 Å². The number of fused-ring (bicyclic) bond motifs is 1. The first-order chi connectivity index (χ1) is 14.0. The zero-order valence-electron chi connectivity index (χ0n) is 15.7. The molecular formula is C21H19FN2O4S. The fraction of sp³-hybridized carbons (Fsp3) is 0.190. The summed E-state index contributed by atoms with van der Waals surface area (Å²) in [7, 11) is -2.35. The zero-order chi connectivity index (χ0) is 20.4. The van der Waals surface area contributed by atoms with Gasteiger partial charge in [-0.1, -0.05) is 12.1 Å². The fourth-order valence-electron chi connectivity index (χ4n) is 3.29. The molecule has 29 heavy (non-hydrogen) atoms. The highest BCUT2D eigenvalue weighted by Gasteiger charge is 2.29. The lowest BCUT2D eigenvalue weighted by Gasteiger charge is -2.20. The molecule has 0 saturated carbocycles. The number of methoxy groups -OCH3 is 1. The summed E-state index contributed by atoms with van der Waals surface area (Å²) in [6.45, 7) is 0.377. The third kappa shape index (κ3) is 3.81. The first-order valence-corrected chi connectivity index (χ1v) is 10.4. The van der Waals surface area contributed by atoms with Crippen LogP contribution in [0.15, 0.2) is 65.8 Å². The molecule has 0 saturated heterocycles. The second kappa shape index (κ2) is 7.81. The van der Waals surface area contributed by atoms with E-state index < -0.39 is 15.8 Å². The van der Waals surface area contributed by atoms with E-state index in [4.69, 9.17) is 9.47 Å². The van der Waals surface area contributed by atoms with Crippen molar-refractivity contribution in [3.05, 3.63) is 72.3 Å². The van der Waals surface area contributed by atoms with Crippen molar-refractivity contribution >= 4 is 10.0 Å². The summed E-state index contributed by atoms with van der Waals surface area (Å²) in [6.07, 6.45) is 3.40. The average Bonchev–Trinajstić information content (AvgIpc) is 2.96. The Balaban J connectivity index is 1.76. The molecule has 8 heteroatoms. The average molecular weight is 414 g/mol. The van der Waals surface area contributed by atoms with E-state index in [0.717, 1.165) is 17.2 Å². The lowest BCUT2D eigenvalue weighted by atomic mass is 10.0. The molecule has 0 spiro atoms. The highest BCUT2D eigenvalue weighted by atomic mass is 32.2. The zero-order valence-corrected chi connectivity index (χ0v) is 16.5. The van der Waals surface area contributed by atoms with Crippen molar-refractivity contribution in [2.75, 3.05) is 20.3 Å². The minimum Gasteiger partial charge on any atom is -0.493 e. The molecule has 0 atom stereocenters. The number of hydrogen-bond acceptors (Lipinski definition) is 5. The number of benzene rings is 2. The number of hydrogen-bond donors (Lipinski definition) is 0. The van der Waals surface area contributed by atoms with Crippen LogP contribution in [0, 0.1) is 5.82 Å². The molecule has 0 fully saturated rings. The molecule has 0 bridgehead atoms. The third-order valence-electron chi connectivity index (χ3n) is 4.71. The van der Waals surface area contributed by atoms with Gasteiger partial charge in [0, 0.05) is 36.6 Å². The summed E-state index contributed by atoms with van der Waals surface area (Å²) in [5.41, 5.74) is 2.38. The number of ether oxygens (including phenoxy) is 2. The van der Waals surface area contributed by atoms with E-state index in [1.807, 2.05) is 24.3 Å². The van der Waals surface area contributed by atoms with Crippen LogP contribution in [0.25, 0.3) is 11.1 Å². The Morgan fingerprint density at radius 1 is 1.14 bits per heavy atom. The van der Waals surface area contributed by atoms with Gasteiger partial charge in [-0.25, -0.2) is 12.8 Å². The van der Waals surface area contributed by atoms with Crippen LogP contribution in [-0.4, -0.2) is 38.0 Å². The quantitative estimate of drug-likeness (QED) is 0.654. The molecule has 1 aliphatic heterocycles. The maximum absolute atomic E-state index is 13.6. The Morgan fingerprint density at radius 2 is 2.00 bits per heavy atom. The summed E-state index contributed by atoms with van der Waals surface area (Å²) in [6, 6.07) is 12.4. The molecular weight excluding hydrogens is 395 g/mol. The number of nitrogens with zero attached hydrogens (tertiary/aromatic N) is 2. The molecule has 1 aliphatic rings. The van der Waals surface area contributed by atoms with Gasteiger partial charge in [0.25, 0.3) is 0 Å². The van der Waals surface area contributed by atoms with Crippen LogP contribution >= 0.6 is 0 Å². The van der Waals surface area contributed by atoms with Crippen molar-refractivity contribution in [3.63, 3.8) is 0 Å². The molecule has 0 unspecified atom stereocenters. The first kappa shape index (κ1) is 19.4. The second-order valence-electron chi connectivity index (χ2n) is 6.55. The fourth-order valence-corrected chi connectivity index (χ4v) is 4.73. The van der Waals surface area contributed by atoms with Gasteiger partial charge in [0.2, 0.25) is 10.0 Å². The van der Waals surface area contributed by atoms with Gasteiger partial charge in [-0.15, -0.1) is 0 Å². The minimum absolute atomic E-state index is 0.0820. The smallest absolute Gasteiger partial charge is 0.243 e. The summed E-state index contributed by atoms with van der Waals surface area (Å²) in [4.78, 5) is 4.05. The standard InChI is InChI=1S/C21H19FN2O4S/c1-27-20-11-16(15-4-3-7-23-13-15)10-17-14-24(8-9-28-21(17)20)29(25,26)19-6-2-5-18(22)12-19/h2-7,10-13H,8-9,14H2,1H3. The maximum atomic E-state index is 13.6. The number of aromatic nitrogens is 1. The summed E-state index contributed by atoms with van der Waals surface area (Å²) in [5.74, 6) is 0.432. The van der Waals surface area contributed by atoms with Gasteiger partial charge >= 0.3 is 0 Å². The number of sulfonamides is 1. The molecule has 1 aromatic heterocycles. The number of pyridine rings is 1. The molecule has 150 valence electrons. The topological polar surface area (TPSA) is 68.7 Å². The maximum Gasteiger partial charge on any atom is 0.243 e. The predicted molar refractivity (Wildman–Crippen MR) is 106 cm³/mol. The van der Waals surface area contributed by atoms with Gasteiger partial charge in [-0.3, -0.25) is 4.98 Å². The van der Waals surface area contributed by atoms with Crippen LogP contribution in [0.3, 0.4) is 0 Å². The molecule has 0 aliphatic carbocycles. The third-order valence-corrected chi connectivity index (χ3v) is 6.56. The molecule has 4 rings (SSSR count). The van der Waals surface area contributed by atoms with E-state index in [0.29, 0.717) is 17.1 Å². The number of halogens is 1. The Kier molecular flexibility index (Phi) is 5.21. The minimum atomic E-state index is -3.89. The monoisotopic (exact) mass is 414 g/mol. The normalized spacial score (nSPS) is 14.6. The van der Waals surface area contributed by atoms with Crippen LogP contribution in [0.4, 0.5) is 4.39 Å². The summed E-state index contributed by atoms with van der Waals surface area (Å²) >= 11 is 0. The van der Waals surface area contributed by atoms with Gasteiger partial charge in [0.1, 0.15) is 12.4 Å². The first-order valence-electron chi connectivity index (χ1n) is 8.99. The van der Waals surface area contributed by atoms with Crippen LogP contribution in [-0.2, 0) is 16.6 Å². The molecule has 2 aromatic carbocycles. The lowest BCUT2D eigenvalue weighted by Crippen LogP contribution is -2.32. The summed E-state index contributed by atoms with van der Waals surface area (Å²) in [5, 5.41) is 0. The Hall–Kier alpha value is -2.97. The van der Waals surface area contributed by atoms with Crippen molar-refractivity contribution in [3.8, 4) is 22.6 Å². The molecule has 0 amide bonds. The Bertz CT molecular complexity index is 1140. The Morgan fingerprint density at radius 3 is 2.72 bits per heavy atom. The van der Waals surface area contributed by atoms with Gasteiger partial charge in [0.05, 0.1) is 12.0 Å². The van der Waals surface area contributed by atoms with E-state index in [1.165, 1.54) is 29.6 Å². The molecule has 2 heterocycles. The molecule has 3 aromatic rings. The van der Waals surface area contributed by atoms with E-state index in [2.05, 4.69) is 4.98 Å². The van der Waals surface area contributed by atoms with Crippen LogP contribution < -0.4 is 9.47 Å². The van der Waals surface area contributed by atoms with Crippen LogP contribution in [0.2, 0.25) is 0 Å². The molecule has 0 radical (unpaired) electrons. The summed E-state index contributed by atoms with van der Waals surface area (Å²) < 4.78 is 52.3. The van der Waals surface area contributed by atoms with E-state index in [-0.39, 0.29) is 24.6 Å². The van der Waals surface area contributed by atoms with Crippen LogP contribution in [0.5, 0.6) is 11.5 Å².